The third-order valence-electron chi connectivity index (χ3n) is 2.62. The minimum Gasteiger partial charge on any atom is -0.339 e. The minimum absolute atomic E-state index is 0.311. The zero-order valence-electron chi connectivity index (χ0n) is 10.1. The van der Waals surface area contributed by atoms with Crippen LogP contribution in [0.25, 0.3) is 0 Å². The SMILES string of the molecule is CN(CC(=O)N1CCNCC1)C(=O)CC(F)(F)F. The molecule has 0 unspecified atom stereocenters. The molecule has 104 valence electrons. The van der Waals surface area contributed by atoms with E-state index < -0.39 is 18.5 Å². The maximum absolute atomic E-state index is 12.0. The van der Waals surface area contributed by atoms with E-state index in [0.29, 0.717) is 26.2 Å². The smallest absolute Gasteiger partial charge is 0.339 e. The van der Waals surface area contributed by atoms with Gasteiger partial charge in [-0.15, -0.1) is 0 Å². The maximum atomic E-state index is 12.0. The van der Waals surface area contributed by atoms with Crippen molar-refractivity contribution in [1.82, 2.24) is 15.1 Å². The highest BCUT2D eigenvalue weighted by Crippen LogP contribution is 2.20. The number of nitrogens with zero attached hydrogens (tertiary/aromatic N) is 2. The van der Waals surface area contributed by atoms with Crippen LogP contribution in [0.5, 0.6) is 0 Å². The molecule has 0 aromatic rings. The normalized spacial score (nSPS) is 16.6. The molecule has 0 aliphatic carbocycles. The predicted molar refractivity (Wildman–Crippen MR) is 57.8 cm³/mol. The summed E-state index contributed by atoms with van der Waals surface area (Å²) in [6, 6.07) is 0. The molecule has 2 amide bonds. The van der Waals surface area contributed by atoms with Crippen LogP contribution >= 0.6 is 0 Å². The van der Waals surface area contributed by atoms with Gasteiger partial charge in [0.25, 0.3) is 0 Å². The first-order chi connectivity index (χ1) is 8.29. The predicted octanol–water partition coefficient (Wildman–Crippen LogP) is -0.171. The second kappa shape index (κ2) is 6.03. The summed E-state index contributed by atoms with van der Waals surface area (Å²) in [4.78, 5) is 25.3. The summed E-state index contributed by atoms with van der Waals surface area (Å²) in [5.41, 5.74) is 0. The highest BCUT2D eigenvalue weighted by molar-refractivity contribution is 5.85. The molecule has 0 aromatic heterocycles. The highest BCUT2D eigenvalue weighted by atomic mass is 19.4. The molecule has 18 heavy (non-hydrogen) atoms. The molecule has 1 N–H and O–H groups in total. The van der Waals surface area contributed by atoms with E-state index in [1.165, 1.54) is 11.9 Å². The first-order valence-corrected chi connectivity index (χ1v) is 5.59. The van der Waals surface area contributed by atoms with Crippen molar-refractivity contribution in [3.8, 4) is 0 Å². The third kappa shape index (κ3) is 4.91. The molecule has 0 saturated carbocycles. The van der Waals surface area contributed by atoms with E-state index in [4.69, 9.17) is 0 Å². The van der Waals surface area contributed by atoms with Gasteiger partial charge in [0.1, 0.15) is 6.42 Å². The fourth-order valence-electron chi connectivity index (χ4n) is 1.61. The van der Waals surface area contributed by atoms with E-state index in [1.54, 1.807) is 0 Å². The summed E-state index contributed by atoms with van der Waals surface area (Å²) < 4.78 is 36.0. The summed E-state index contributed by atoms with van der Waals surface area (Å²) in [5.74, 6) is -1.42. The Hall–Kier alpha value is -1.31. The van der Waals surface area contributed by atoms with E-state index in [-0.39, 0.29) is 12.5 Å². The van der Waals surface area contributed by atoms with Gasteiger partial charge < -0.3 is 15.1 Å². The zero-order valence-corrected chi connectivity index (χ0v) is 10.1. The van der Waals surface area contributed by atoms with Crippen molar-refractivity contribution in [1.29, 1.82) is 0 Å². The van der Waals surface area contributed by atoms with Crippen LogP contribution in [0.1, 0.15) is 6.42 Å². The van der Waals surface area contributed by atoms with Gasteiger partial charge in [-0.3, -0.25) is 9.59 Å². The van der Waals surface area contributed by atoms with Gasteiger partial charge in [0.2, 0.25) is 11.8 Å². The summed E-state index contributed by atoms with van der Waals surface area (Å²) in [6.45, 7) is 2.03. The molecule has 0 atom stereocenters. The molecule has 1 heterocycles. The van der Waals surface area contributed by atoms with Crippen LogP contribution in [-0.4, -0.2) is 67.6 Å². The largest absolute Gasteiger partial charge is 0.397 e. The Morgan fingerprint density at radius 3 is 2.33 bits per heavy atom. The van der Waals surface area contributed by atoms with Crippen LogP contribution in [-0.2, 0) is 9.59 Å². The lowest BCUT2D eigenvalue weighted by molar-refractivity contribution is -0.162. The molecule has 0 spiro atoms. The fraction of sp³-hybridized carbons (Fsp3) is 0.800. The first kappa shape index (κ1) is 14.7. The first-order valence-electron chi connectivity index (χ1n) is 5.59. The Morgan fingerprint density at radius 1 is 1.28 bits per heavy atom. The van der Waals surface area contributed by atoms with Gasteiger partial charge in [-0.1, -0.05) is 0 Å². The summed E-state index contributed by atoms with van der Waals surface area (Å²) in [6.07, 6.45) is -6.07. The number of alkyl halides is 3. The van der Waals surface area contributed by atoms with Gasteiger partial charge in [-0.25, -0.2) is 0 Å². The molecular formula is C10H16F3N3O2. The van der Waals surface area contributed by atoms with Gasteiger partial charge >= 0.3 is 6.18 Å². The molecule has 1 aliphatic rings. The Morgan fingerprint density at radius 2 is 1.83 bits per heavy atom. The lowest BCUT2D eigenvalue weighted by Crippen LogP contribution is -2.50. The molecule has 0 bridgehead atoms. The van der Waals surface area contributed by atoms with Gasteiger partial charge in [0, 0.05) is 33.2 Å². The van der Waals surface area contributed by atoms with E-state index in [9.17, 15) is 22.8 Å². The van der Waals surface area contributed by atoms with Crippen molar-refractivity contribution in [2.75, 3.05) is 39.8 Å². The quantitative estimate of drug-likeness (QED) is 0.772. The Kier molecular flexibility index (Phi) is 4.94. The molecule has 1 rings (SSSR count). The second-order valence-corrected chi connectivity index (χ2v) is 4.17. The molecule has 0 aromatic carbocycles. The number of piperazine rings is 1. The molecule has 1 aliphatic heterocycles. The van der Waals surface area contributed by atoms with E-state index in [0.717, 1.165) is 4.90 Å². The minimum atomic E-state index is -4.54. The Balaban J connectivity index is 2.41. The van der Waals surface area contributed by atoms with Crippen LogP contribution in [0, 0.1) is 0 Å². The fourth-order valence-corrected chi connectivity index (χ4v) is 1.61. The van der Waals surface area contributed by atoms with Crippen molar-refractivity contribution in [2.45, 2.75) is 12.6 Å². The zero-order chi connectivity index (χ0) is 13.8. The molecule has 1 saturated heterocycles. The summed E-state index contributed by atoms with van der Waals surface area (Å²) in [5, 5.41) is 3.05. The lowest BCUT2D eigenvalue weighted by atomic mass is 10.3. The number of carbonyl (C=O) groups is 2. The van der Waals surface area contributed by atoms with E-state index in [1.807, 2.05) is 0 Å². The topological polar surface area (TPSA) is 52.7 Å². The average molecular weight is 267 g/mol. The number of halogens is 3. The van der Waals surface area contributed by atoms with E-state index in [2.05, 4.69) is 5.32 Å². The maximum Gasteiger partial charge on any atom is 0.397 e. The van der Waals surface area contributed by atoms with Crippen LogP contribution in [0.4, 0.5) is 13.2 Å². The number of amides is 2. The number of rotatable bonds is 3. The van der Waals surface area contributed by atoms with Crippen molar-refractivity contribution in [3.05, 3.63) is 0 Å². The van der Waals surface area contributed by atoms with Crippen molar-refractivity contribution in [3.63, 3.8) is 0 Å². The van der Waals surface area contributed by atoms with Crippen LogP contribution < -0.4 is 5.32 Å². The van der Waals surface area contributed by atoms with Crippen molar-refractivity contribution in [2.24, 2.45) is 0 Å². The number of hydrogen-bond acceptors (Lipinski definition) is 3. The summed E-state index contributed by atoms with van der Waals surface area (Å²) >= 11 is 0. The monoisotopic (exact) mass is 267 g/mol. The standard InChI is InChI=1S/C10H16F3N3O2/c1-15(8(17)6-10(11,12)13)7-9(18)16-4-2-14-3-5-16/h14H,2-7H2,1H3. The lowest BCUT2D eigenvalue weighted by Gasteiger charge is -2.29. The number of nitrogens with one attached hydrogen (secondary N) is 1. The third-order valence-corrected chi connectivity index (χ3v) is 2.62. The van der Waals surface area contributed by atoms with Gasteiger partial charge in [-0.05, 0) is 0 Å². The van der Waals surface area contributed by atoms with Crippen LogP contribution in [0.3, 0.4) is 0 Å². The molecule has 0 radical (unpaired) electrons. The Labute approximate surface area is 103 Å². The van der Waals surface area contributed by atoms with E-state index >= 15 is 0 Å². The number of carbonyl (C=O) groups excluding carboxylic acids is 2. The summed E-state index contributed by atoms with van der Waals surface area (Å²) in [7, 11) is 1.20. The van der Waals surface area contributed by atoms with Crippen LogP contribution in [0.2, 0.25) is 0 Å². The van der Waals surface area contributed by atoms with Gasteiger partial charge in [-0.2, -0.15) is 13.2 Å². The van der Waals surface area contributed by atoms with Gasteiger partial charge in [0.05, 0.1) is 6.54 Å². The number of likely N-dealkylation sites (N-methyl/N-ethyl adjacent to an activating group) is 1. The Bertz CT molecular complexity index is 314. The highest BCUT2D eigenvalue weighted by Gasteiger charge is 2.33. The van der Waals surface area contributed by atoms with Gasteiger partial charge in [0.15, 0.2) is 0 Å². The molecular weight excluding hydrogens is 251 g/mol. The molecule has 8 heteroatoms. The second-order valence-electron chi connectivity index (χ2n) is 4.17. The van der Waals surface area contributed by atoms with Crippen LogP contribution in [0.15, 0.2) is 0 Å². The van der Waals surface area contributed by atoms with Crippen molar-refractivity contribution >= 4 is 11.8 Å². The molecule has 5 nitrogen and oxygen atoms in total. The number of hydrogen-bond donors (Lipinski definition) is 1. The van der Waals surface area contributed by atoms with Crippen molar-refractivity contribution < 1.29 is 22.8 Å². The molecule has 1 fully saturated rings. The average Bonchev–Trinajstić information content (AvgIpc) is 2.27.